The summed E-state index contributed by atoms with van der Waals surface area (Å²) in [5, 5.41) is 4.95. The molecule has 0 atom stereocenters. The highest BCUT2D eigenvalue weighted by Crippen LogP contribution is 2.35. The molecule has 3 aromatic carbocycles. The van der Waals surface area contributed by atoms with Crippen LogP contribution in [0, 0.1) is 6.92 Å². The minimum atomic E-state index is -4.48. The Kier molecular flexibility index (Phi) is 5.98. The van der Waals surface area contributed by atoms with E-state index in [-0.39, 0.29) is 23.8 Å². The molecule has 1 aliphatic rings. The van der Waals surface area contributed by atoms with E-state index in [1.807, 2.05) is 30.3 Å². The molecule has 0 spiro atoms. The zero-order chi connectivity index (χ0) is 22.0. The van der Waals surface area contributed by atoms with Crippen molar-refractivity contribution in [2.75, 3.05) is 37.7 Å². The standard InChI is InChI=1S/C24H24F3N3O/c1-17-9-10-19(15-22(17)24(25,26)27)30(16-29-13-11-28-12-14-29)23(31)21-8-4-6-18-5-2-3-7-20(18)21/h2-10,15,28H,11-14,16H2,1H3. The average Bonchev–Trinajstić information content (AvgIpc) is 2.77. The van der Waals surface area contributed by atoms with Crippen LogP contribution >= 0.6 is 0 Å². The number of fused-ring (bicyclic) bond motifs is 1. The van der Waals surface area contributed by atoms with Gasteiger partial charge in [0.15, 0.2) is 0 Å². The second-order valence-electron chi connectivity index (χ2n) is 7.77. The Hall–Kier alpha value is -2.90. The van der Waals surface area contributed by atoms with Crippen molar-refractivity contribution < 1.29 is 18.0 Å². The average molecular weight is 427 g/mol. The lowest BCUT2D eigenvalue weighted by atomic mass is 10.0. The molecule has 1 aliphatic heterocycles. The summed E-state index contributed by atoms with van der Waals surface area (Å²) in [7, 11) is 0. The van der Waals surface area contributed by atoms with Gasteiger partial charge in [-0.3, -0.25) is 14.6 Å². The van der Waals surface area contributed by atoms with Gasteiger partial charge >= 0.3 is 6.18 Å². The minimum absolute atomic E-state index is 0.135. The largest absolute Gasteiger partial charge is 0.416 e. The van der Waals surface area contributed by atoms with Crippen molar-refractivity contribution >= 4 is 22.4 Å². The van der Waals surface area contributed by atoms with E-state index >= 15 is 0 Å². The summed E-state index contributed by atoms with van der Waals surface area (Å²) in [6, 6.07) is 17.1. The SMILES string of the molecule is Cc1ccc(N(CN2CCNCC2)C(=O)c2cccc3ccccc23)cc1C(F)(F)F. The van der Waals surface area contributed by atoms with Crippen molar-refractivity contribution in [1.29, 1.82) is 0 Å². The van der Waals surface area contributed by atoms with E-state index < -0.39 is 11.7 Å². The molecule has 0 saturated carbocycles. The Bertz CT molecular complexity index is 1090. The van der Waals surface area contributed by atoms with Crippen molar-refractivity contribution in [2.45, 2.75) is 13.1 Å². The molecule has 162 valence electrons. The molecule has 1 heterocycles. The van der Waals surface area contributed by atoms with Gasteiger partial charge in [0.05, 0.1) is 12.2 Å². The number of nitrogens with one attached hydrogen (secondary N) is 1. The van der Waals surface area contributed by atoms with Gasteiger partial charge in [0, 0.05) is 37.4 Å². The van der Waals surface area contributed by atoms with Crippen LogP contribution in [0.15, 0.2) is 60.7 Å². The highest BCUT2D eigenvalue weighted by molar-refractivity contribution is 6.14. The number of hydrogen-bond acceptors (Lipinski definition) is 3. The van der Waals surface area contributed by atoms with Crippen LogP contribution < -0.4 is 10.2 Å². The summed E-state index contributed by atoms with van der Waals surface area (Å²) in [6.07, 6.45) is -4.48. The molecule has 31 heavy (non-hydrogen) atoms. The molecule has 0 bridgehead atoms. The van der Waals surface area contributed by atoms with Gasteiger partial charge in [-0.05, 0) is 41.5 Å². The number of carbonyl (C=O) groups excluding carboxylic acids is 1. The molecule has 0 aliphatic carbocycles. The number of amides is 1. The zero-order valence-corrected chi connectivity index (χ0v) is 17.2. The summed E-state index contributed by atoms with van der Waals surface area (Å²) < 4.78 is 40.7. The molecule has 1 amide bonds. The van der Waals surface area contributed by atoms with Gasteiger partial charge in [0.2, 0.25) is 0 Å². The van der Waals surface area contributed by atoms with E-state index in [0.29, 0.717) is 5.56 Å². The van der Waals surface area contributed by atoms with Gasteiger partial charge in [-0.2, -0.15) is 13.2 Å². The van der Waals surface area contributed by atoms with E-state index in [1.54, 1.807) is 18.2 Å². The first-order chi connectivity index (χ1) is 14.8. The third-order valence-corrected chi connectivity index (χ3v) is 5.65. The van der Waals surface area contributed by atoms with Crippen molar-refractivity contribution in [3.63, 3.8) is 0 Å². The van der Waals surface area contributed by atoms with Crippen LogP contribution in [0.1, 0.15) is 21.5 Å². The van der Waals surface area contributed by atoms with Crippen LogP contribution in [0.25, 0.3) is 10.8 Å². The number of rotatable bonds is 4. The first kappa shape index (κ1) is 21.3. The van der Waals surface area contributed by atoms with Crippen molar-refractivity contribution in [3.05, 3.63) is 77.4 Å². The molecular weight excluding hydrogens is 403 g/mol. The summed E-state index contributed by atoms with van der Waals surface area (Å²) in [6.45, 7) is 4.65. The normalized spacial score (nSPS) is 15.2. The van der Waals surface area contributed by atoms with Crippen molar-refractivity contribution in [1.82, 2.24) is 10.2 Å². The first-order valence-electron chi connectivity index (χ1n) is 10.2. The lowest BCUT2D eigenvalue weighted by Gasteiger charge is -2.34. The number of hydrogen-bond donors (Lipinski definition) is 1. The van der Waals surface area contributed by atoms with Gasteiger partial charge in [0.25, 0.3) is 5.91 Å². The summed E-state index contributed by atoms with van der Waals surface area (Å²) in [4.78, 5) is 17.2. The van der Waals surface area contributed by atoms with Gasteiger partial charge in [-0.1, -0.05) is 42.5 Å². The lowest BCUT2D eigenvalue weighted by Crippen LogP contribution is -2.49. The second-order valence-corrected chi connectivity index (χ2v) is 7.77. The molecule has 7 heteroatoms. The van der Waals surface area contributed by atoms with Crippen LogP contribution in [0.3, 0.4) is 0 Å². The zero-order valence-electron chi connectivity index (χ0n) is 17.2. The fourth-order valence-electron chi connectivity index (χ4n) is 3.96. The maximum absolute atomic E-state index is 13.7. The van der Waals surface area contributed by atoms with Gasteiger partial charge in [-0.25, -0.2) is 0 Å². The molecular formula is C24H24F3N3O. The molecule has 4 nitrogen and oxygen atoms in total. The number of benzene rings is 3. The summed E-state index contributed by atoms with van der Waals surface area (Å²) in [5.41, 5.74) is 0.133. The highest BCUT2D eigenvalue weighted by atomic mass is 19.4. The number of piperazine rings is 1. The van der Waals surface area contributed by atoms with E-state index in [2.05, 4.69) is 10.2 Å². The molecule has 1 saturated heterocycles. The Morgan fingerprint density at radius 3 is 2.48 bits per heavy atom. The number of halogens is 3. The maximum atomic E-state index is 13.7. The Morgan fingerprint density at radius 1 is 1.03 bits per heavy atom. The van der Waals surface area contributed by atoms with Crippen molar-refractivity contribution in [2.24, 2.45) is 0 Å². The monoisotopic (exact) mass is 427 g/mol. The fraction of sp³-hybridized carbons (Fsp3) is 0.292. The predicted molar refractivity (Wildman–Crippen MR) is 116 cm³/mol. The highest BCUT2D eigenvalue weighted by Gasteiger charge is 2.34. The molecule has 4 rings (SSSR count). The van der Waals surface area contributed by atoms with E-state index in [4.69, 9.17) is 0 Å². The summed E-state index contributed by atoms with van der Waals surface area (Å²) >= 11 is 0. The van der Waals surface area contributed by atoms with E-state index in [0.717, 1.165) is 43.0 Å². The predicted octanol–water partition coefficient (Wildman–Crippen LogP) is 4.68. The molecule has 0 radical (unpaired) electrons. The number of nitrogens with zero attached hydrogens (tertiary/aromatic N) is 2. The first-order valence-corrected chi connectivity index (χ1v) is 10.2. The lowest BCUT2D eigenvalue weighted by molar-refractivity contribution is -0.138. The Morgan fingerprint density at radius 2 is 1.74 bits per heavy atom. The third-order valence-electron chi connectivity index (χ3n) is 5.65. The second kappa shape index (κ2) is 8.69. The molecule has 3 aromatic rings. The topological polar surface area (TPSA) is 35.6 Å². The number of carbonyl (C=O) groups is 1. The fourth-order valence-corrected chi connectivity index (χ4v) is 3.96. The Labute approximate surface area is 179 Å². The maximum Gasteiger partial charge on any atom is 0.416 e. The third kappa shape index (κ3) is 4.57. The smallest absolute Gasteiger partial charge is 0.314 e. The van der Waals surface area contributed by atoms with Gasteiger partial charge in [-0.15, -0.1) is 0 Å². The van der Waals surface area contributed by atoms with Gasteiger partial charge in [0.1, 0.15) is 0 Å². The number of aryl methyl sites for hydroxylation is 1. The molecule has 0 aromatic heterocycles. The Balaban J connectivity index is 1.78. The summed E-state index contributed by atoms with van der Waals surface area (Å²) in [5.74, 6) is -0.313. The van der Waals surface area contributed by atoms with Crippen molar-refractivity contribution in [3.8, 4) is 0 Å². The van der Waals surface area contributed by atoms with Crippen LogP contribution in [0.2, 0.25) is 0 Å². The van der Waals surface area contributed by atoms with Crippen LogP contribution in [0.4, 0.5) is 18.9 Å². The minimum Gasteiger partial charge on any atom is -0.314 e. The molecule has 1 fully saturated rings. The molecule has 0 unspecified atom stereocenters. The van der Waals surface area contributed by atoms with Crippen LogP contribution in [0.5, 0.6) is 0 Å². The van der Waals surface area contributed by atoms with E-state index in [1.165, 1.54) is 17.9 Å². The molecule has 1 N–H and O–H groups in total. The quantitative estimate of drug-likeness (QED) is 0.657. The van der Waals surface area contributed by atoms with E-state index in [9.17, 15) is 18.0 Å². The van der Waals surface area contributed by atoms with Crippen LogP contribution in [-0.4, -0.2) is 43.7 Å². The van der Waals surface area contributed by atoms with Gasteiger partial charge < -0.3 is 5.32 Å². The number of anilines is 1. The number of alkyl halides is 3. The van der Waals surface area contributed by atoms with Crippen LogP contribution in [-0.2, 0) is 6.18 Å².